The van der Waals surface area contributed by atoms with E-state index in [0.29, 0.717) is 11.3 Å². The molecular weight excluding hydrogens is 214 g/mol. The molecular formula is C14H25NO2. The van der Waals surface area contributed by atoms with E-state index in [1.165, 1.54) is 20.0 Å². The van der Waals surface area contributed by atoms with Gasteiger partial charge in [-0.15, -0.1) is 0 Å². The first kappa shape index (κ1) is 12.9. The molecule has 3 nitrogen and oxygen atoms in total. The summed E-state index contributed by atoms with van der Waals surface area (Å²) in [4.78, 5) is 11.9. The van der Waals surface area contributed by atoms with Crippen LogP contribution in [-0.4, -0.2) is 26.2 Å². The van der Waals surface area contributed by atoms with Crippen LogP contribution in [0, 0.1) is 22.7 Å². The number of esters is 1. The summed E-state index contributed by atoms with van der Waals surface area (Å²) in [7, 11) is 1.51. The van der Waals surface area contributed by atoms with E-state index in [1.807, 2.05) is 0 Å². The number of nitrogens with one attached hydrogen (secondary N) is 1. The SMILES string of the molecule is COC(=O)C1CNCC12CCC(C)(C)CC2C. The summed E-state index contributed by atoms with van der Waals surface area (Å²) in [6.07, 6.45) is 3.57. The molecule has 17 heavy (non-hydrogen) atoms. The van der Waals surface area contributed by atoms with Crippen molar-refractivity contribution >= 4 is 5.97 Å². The quantitative estimate of drug-likeness (QED) is 0.713. The molecule has 1 spiro atoms. The summed E-state index contributed by atoms with van der Waals surface area (Å²) >= 11 is 0. The van der Waals surface area contributed by atoms with Crippen LogP contribution in [0.25, 0.3) is 0 Å². The van der Waals surface area contributed by atoms with E-state index < -0.39 is 0 Å². The van der Waals surface area contributed by atoms with Crippen molar-refractivity contribution in [3.05, 3.63) is 0 Å². The van der Waals surface area contributed by atoms with E-state index >= 15 is 0 Å². The molecule has 2 aliphatic rings. The van der Waals surface area contributed by atoms with Gasteiger partial charge in [-0.2, -0.15) is 0 Å². The molecule has 3 atom stereocenters. The highest BCUT2D eigenvalue weighted by Gasteiger charge is 2.53. The first-order chi connectivity index (χ1) is 7.91. The molecule has 1 aliphatic heterocycles. The van der Waals surface area contributed by atoms with Crippen LogP contribution in [-0.2, 0) is 9.53 Å². The molecule has 0 aromatic carbocycles. The Morgan fingerprint density at radius 3 is 2.65 bits per heavy atom. The minimum Gasteiger partial charge on any atom is -0.469 e. The van der Waals surface area contributed by atoms with Crippen molar-refractivity contribution in [1.82, 2.24) is 5.32 Å². The molecule has 3 heteroatoms. The van der Waals surface area contributed by atoms with Crippen LogP contribution in [0.15, 0.2) is 0 Å². The van der Waals surface area contributed by atoms with Gasteiger partial charge in [0.1, 0.15) is 0 Å². The lowest BCUT2D eigenvalue weighted by Crippen LogP contribution is -2.46. The average molecular weight is 239 g/mol. The van der Waals surface area contributed by atoms with Crippen molar-refractivity contribution < 1.29 is 9.53 Å². The number of carbonyl (C=O) groups excluding carboxylic acids is 1. The molecule has 0 aromatic rings. The maximum absolute atomic E-state index is 11.9. The lowest BCUT2D eigenvalue weighted by Gasteiger charge is -2.48. The Hall–Kier alpha value is -0.570. The van der Waals surface area contributed by atoms with Gasteiger partial charge >= 0.3 is 5.97 Å². The van der Waals surface area contributed by atoms with Crippen molar-refractivity contribution in [2.24, 2.45) is 22.7 Å². The monoisotopic (exact) mass is 239 g/mol. The van der Waals surface area contributed by atoms with Gasteiger partial charge in [0.2, 0.25) is 0 Å². The Morgan fingerprint density at radius 2 is 2.06 bits per heavy atom. The molecule has 1 saturated carbocycles. The van der Waals surface area contributed by atoms with Crippen molar-refractivity contribution in [1.29, 1.82) is 0 Å². The van der Waals surface area contributed by atoms with Gasteiger partial charge in [0.25, 0.3) is 0 Å². The number of carbonyl (C=O) groups is 1. The zero-order chi connectivity index (χ0) is 12.7. The number of ether oxygens (including phenoxy) is 1. The van der Waals surface area contributed by atoms with Crippen LogP contribution >= 0.6 is 0 Å². The fraction of sp³-hybridized carbons (Fsp3) is 0.929. The number of hydrogen-bond donors (Lipinski definition) is 1. The summed E-state index contributed by atoms with van der Waals surface area (Å²) < 4.78 is 4.98. The predicted molar refractivity (Wildman–Crippen MR) is 67.6 cm³/mol. The van der Waals surface area contributed by atoms with E-state index in [-0.39, 0.29) is 17.3 Å². The fourth-order valence-electron chi connectivity index (χ4n) is 3.97. The van der Waals surface area contributed by atoms with Crippen LogP contribution in [0.1, 0.15) is 40.0 Å². The highest BCUT2D eigenvalue weighted by Crippen LogP contribution is 2.54. The zero-order valence-corrected chi connectivity index (χ0v) is 11.5. The van der Waals surface area contributed by atoms with Gasteiger partial charge in [-0.1, -0.05) is 20.8 Å². The van der Waals surface area contributed by atoms with E-state index in [2.05, 4.69) is 26.1 Å². The average Bonchev–Trinajstić information content (AvgIpc) is 2.68. The van der Waals surface area contributed by atoms with E-state index in [0.717, 1.165) is 19.5 Å². The smallest absolute Gasteiger partial charge is 0.310 e. The molecule has 2 rings (SSSR count). The first-order valence-corrected chi connectivity index (χ1v) is 6.70. The molecule has 1 saturated heterocycles. The van der Waals surface area contributed by atoms with Gasteiger partial charge in [-0.05, 0) is 36.0 Å². The summed E-state index contributed by atoms with van der Waals surface area (Å²) in [6, 6.07) is 0. The van der Waals surface area contributed by atoms with Gasteiger partial charge in [0.05, 0.1) is 13.0 Å². The summed E-state index contributed by atoms with van der Waals surface area (Å²) in [5.41, 5.74) is 0.566. The van der Waals surface area contributed by atoms with Crippen molar-refractivity contribution in [3.63, 3.8) is 0 Å². The molecule has 0 aromatic heterocycles. The van der Waals surface area contributed by atoms with Crippen LogP contribution in [0.3, 0.4) is 0 Å². The van der Waals surface area contributed by atoms with Crippen molar-refractivity contribution in [3.8, 4) is 0 Å². The predicted octanol–water partition coefficient (Wildman–Crippen LogP) is 2.21. The Bertz CT molecular complexity index is 313. The second kappa shape index (κ2) is 4.27. The standard InChI is InChI=1S/C14H25NO2/c1-10-7-13(2,3)5-6-14(10)9-15-8-11(14)12(16)17-4/h10-11,15H,5-9H2,1-4H3. The van der Waals surface area contributed by atoms with Crippen LogP contribution in [0.5, 0.6) is 0 Å². The van der Waals surface area contributed by atoms with Gasteiger partial charge in [-0.3, -0.25) is 4.79 Å². The molecule has 3 unspecified atom stereocenters. The topological polar surface area (TPSA) is 38.3 Å². The minimum atomic E-state index is -0.0263. The van der Waals surface area contributed by atoms with Crippen LogP contribution in [0.2, 0.25) is 0 Å². The third-order valence-electron chi connectivity index (χ3n) is 5.09. The second-order valence-corrected chi connectivity index (χ2v) is 6.71. The molecule has 0 amide bonds. The lowest BCUT2D eigenvalue weighted by molar-refractivity contribution is -0.151. The van der Waals surface area contributed by atoms with Gasteiger partial charge < -0.3 is 10.1 Å². The van der Waals surface area contributed by atoms with Crippen LogP contribution in [0.4, 0.5) is 0 Å². The molecule has 1 N–H and O–H groups in total. The third-order valence-corrected chi connectivity index (χ3v) is 5.09. The summed E-state index contributed by atoms with van der Waals surface area (Å²) in [6.45, 7) is 8.75. The van der Waals surface area contributed by atoms with E-state index in [1.54, 1.807) is 0 Å². The molecule has 0 bridgehead atoms. The number of methoxy groups -OCH3 is 1. The van der Waals surface area contributed by atoms with Gasteiger partial charge in [0.15, 0.2) is 0 Å². The Morgan fingerprint density at radius 1 is 1.35 bits per heavy atom. The second-order valence-electron chi connectivity index (χ2n) is 6.71. The molecule has 2 fully saturated rings. The maximum atomic E-state index is 11.9. The van der Waals surface area contributed by atoms with Gasteiger partial charge in [-0.25, -0.2) is 0 Å². The summed E-state index contributed by atoms with van der Waals surface area (Å²) in [5, 5.41) is 3.41. The highest BCUT2D eigenvalue weighted by atomic mass is 16.5. The normalized spacial score (nSPS) is 40.5. The van der Waals surface area contributed by atoms with E-state index in [4.69, 9.17) is 4.74 Å². The first-order valence-electron chi connectivity index (χ1n) is 6.70. The van der Waals surface area contributed by atoms with E-state index in [9.17, 15) is 4.79 Å². The number of hydrogen-bond acceptors (Lipinski definition) is 3. The molecule has 1 heterocycles. The molecule has 0 radical (unpaired) electrons. The maximum Gasteiger partial charge on any atom is 0.310 e. The Kier molecular flexibility index (Phi) is 3.23. The largest absolute Gasteiger partial charge is 0.469 e. The summed E-state index contributed by atoms with van der Waals surface area (Å²) in [5.74, 6) is 0.616. The Balaban J connectivity index is 2.21. The third kappa shape index (κ3) is 2.10. The molecule has 1 aliphatic carbocycles. The van der Waals surface area contributed by atoms with Gasteiger partial charge in [0, 0.05) is 13.1 Å². The highest BCUT2D eigenvalue weighted by molar-refractivity contribution is 5.74. The lowest BCUT2D eigenvalue weighted by atomic mass is 9.56. The number of rotatable bonds is 1. The zero-order valence-electron chi connectivity index (χ0n) is 11.5. The van der Waals surface area contributed by atoms with Crippen molar-refractivity contribution in [2.75, 3.05) is 20.2 Å². The Labute approximate surface area is 104 Å². The molecule has 98 valence electrons. The fourth-order valence-corrected chi connectivity index (χ4v) is 3.97. The minimum absolute atomic E-state index is 0.0263. The van der Waals surface area contributed by atoms with Crippen molar-refractivity contribution in [2.45, 2.75) is 40.0 Å². The van der Waals surface area contributed by atoms with Crippen LogP contribution < -0.4 is 5.32 Å².